The van der Waals surface area contributed by atoms with Crippen LogP contribution in [0.3, 0.4) is 0 Å². The fourth-order valence-corrected chi connectivity index (χ4v) is 4.39. The predicted molar refractivity (Wildman–Crippen MR) is 101 cm³/mol. The Morgan fingerprint density at radius 1 is 1.08 bits per heavy atom. The summed E-state index contributed by atoms with van der Waals surface area (Å²) in [6.07, 6.45) is 1.53. The van der Waals surface area contributed by atoms with Crippen LogP contribution in [-0.4, -0.2) is 38.0 Å². The highest BCUT2D eigenvalue weighted by Gasteiger charge is 2.39. The summed E-state index contributed by atoms with van der Waals surface area (Å²) in [6, 6.07) is 12.6. The molecule has 2 atom stereocenters. The van der Waals surface area contributed by atoms with E-state index >= 15 is 0 Å². The van der Waals surface area contributed by atoms with Crippen LogP contribution >= 0.6 is 0 Å². The Hall–Kier alpha value is -2.33. The average Bonchev–Trinajstić information content (AvgIpc) is 2.66. The van der Waals surface area contributed by atoms with Gasteiger partial charge in [0.1, 0.15) is 5.78 Å². The molecule has 0 saturated carbocycles. The lowest BCUT2D eigenvalue weighted by molar-refractivity contribution is -0.125. The molecule has 2 unspecified atom stereocenters. The quantitative estimate of drug-likeness (QED) is 0.846. The lowest BCUT2D eigenvalue weighted by atomic mass is 9.80. The van der Waals surface area contributed by atoms with E-state index in [1.807, 2.05) is 6.07 Å². The van der Waals surface area contributed by atoms with E-state index in [1.165, 1.54) is 16.7 Å². The Kier molecular flexibility index (Phi) is 4.45. The van der Waals surface area contributed by atoms with Gasteiger partial charge >= 0.3 is 0 Å². The number of ether oxygens (including phenoxy) is 2. The lowest BCUT2D eigenvalue weighted by Gasteiger charge is -2.43. The molecule has 2 aromatic rings. The van der Waals surface area contributed by atoms with Gasteiger partial charge in [-0.15, -0.1) is 0 Å². The maximum Gasteiger partial charge on any atom is 0.161 e. The van der Waals surface area contributed by atoms with Crippen molar-refractivity contribution in [1.82, 2.24) is 4.90 Å². The summed E-state index contributed by atoms with van der Waals surface area (Å²) < 4.78 is 10.9. The Morgan fingerprint density at radius 3 is 2.58 bits per heavy atom. The number of fused-ring (bicyclic) bond motifs is 3. The van der Waals surface area contributed by atoms with Crippen LogP contribution in [0.1, 0.15) is 40.6 Å². The minimum absolute atomic E-state index is 0.0205. The Morgan fingerprint density at radius 2 is 1.85 bits per heavy atom. The van der Waals surface area contributed by atoms with Gasteiger partial charge in [-0.25, -0.2) is 0 Å². The molecule has 2 aliphatic rings. The van der Waals surface area contributed by atoms with Crippen molar-refractivity contribution < 1.29 is 14.3 Å². The van der Waals surface area contributed by atoms with Crippen molar-refractivity contribution >= 4 is 5.78 Å². The Balaban J connectivity index is 1.65. The number of carbonyl (C=O) groups is 1. The predicted octanol–water partition coefficient (Wildman–Crippen LogP) is 3.67. The maximum atomic E-state index is 13.0. The topological polar surface area (TPSA) is 38.8 Å². The number of rotatable bonds is 3. The first kappa shape index (κ1) is 17.1. The molecule has 4 nitrogen and oxygen atoms in total. The zero-order valence-corrected chi connectivity index (χ0v) is 15.6. The minimum Gasteiger partial charge on any atom is -0.493 e. The molecule has 4 heteroatoms. The van der Waals surface area contributed by atoms with Crippen LogP contribution in [0.2, 0.25) is 0 Å². The van der Waals surface area contributed by atoms with Gasteiger partial charge in [-0.1, -0.05) is 29.8 Å². The van der Waals surface area contributed by atoms with Crippen LogP contribution in [-0.2, 0) is 11.2 Å². The highest BCUT2D eigenvalue weighted by atomic mass is 16.5. The first-order valence-corrected chi connectivity index (χ1v) is 9.19. The molecule has 4 rings (SSSR count). The second-order valence-corrected chi connectivity index (χ2v) is 7.30. The lowest BCUT2D eigenvalue weighted by Crippen LogP contribution is -2.45. The van der Waals surface area contributed by atoms with E-state index in [1.54, 1.807) is 14.2 Å². The molecule has 26 heavy (non-hydrogen) atoms. The number of nitrogens with zero attached hydrogens (tertiary/aromatic N) is 1. The summed E-state index contributed by atoms with van der Waals surface area (Å²) in [5.41, 5.74) is 4.83. The van der Waals surface area contributed by atoms with Gasteiger partial charge in [0.15, 0.2) is 11.5 Å². The van der Waals surface area contributed by atoms with Crippen molar-refractivity contribution in [1.29, 1.82) is 0 Å². The van der Waals surface area contributed by atoms with Crippen LogP contribution in [0.25, 0.3) is 0 Å². The van der Waals surface area contributed by atoms with E-state index < -0.39 is 0 Å². The standard InChI is InChI=1S/C22H25NO3/c1-14-5-4-6-15(9-14)18-13-23-8-7-16-10-21(25-2)22(26-3)11-17(16)19(23)12-20(18)24/h4-6,9-11,18-19H,7-8,12-13H2,1-3H3. The molecule has 0 N–H and O–H groups in total. The van der Waals surface area contributed by atoms with Crippen molar-refractivity contribution in [2.45, 2.75) is 31.7 Å². The van der Waals surface area contributed by atoms with Gasteiger partial charge in [0, 0.05) is 25.6 Å². The molecule has 1 fully saturated rings. The van der Waals surface area contributed by atoms with Gasteiger partial charge in [0.05, 0.1) is 20.1 Å². The fraction of sp³-hybridized carbons (Fsp3) is 0.409. The van der Waals surface area contributed by atoms with Crippen LogP contribution in [0.15, 0.2) is 36.4 Å². The van der Waals surface area contributed by atoms with Crippen LogP contribution in [0, 0.1) is 6.92 Å². The highest BCUT2D eigenvalue weighted by molar-refractivity contribution is 5.87. The molecule has 0 spiro atoms. The van der Waals surface area contributed by atoms with Crippen LogP contribution in [0.5, 0.6) is 11.5 Å². The van der Waals surface area contributed by atoms with Crippen LogP contribution in [0.4, 0.5) is 0 Å². The summed E-state index contributed by atoms with van der Waals surface area (Å²) in [7, 11) is 3.32. The first-order chi connectivity index (χ1) is 12.6. The van der Waals surface area contributed by atoms with Gasteiger partial charge in [0.2, 0.25) is 0 Å². The van der Waals surface area contributed by atoms with Gasteiger partial charge in [-0.2, -0.15) is 0 Å². The van der Waals surface area contributed by atoms with Crippen molar-refractivity contribution in [2.75, 3.05) is 27.3 Å². The molecule has 0 radical (unpaired) electrons. The summed E-state index contributed by atoms with van der Waals surface area (Å²) in [5.74, 6) is 1.81. The van der Waals surface area contributed by atoms with Gasteiger partial charge < -0.3 is 9.47 Å². The van der Waals surface area contributed by atoms with Crippen molar-refractivity contribution in [3.8, 4) is 11.5 Å². The molecule has 1 saturated heterocycles. The molecular weight excluding hydrogens is 326 g/mol. The molecule has 2 heterocycles. The number of hydrogen-bond acceptors (Lipinski definition) is 4. The average molecular weight is 351 g/mol. The first-order valence-electron chi connectivity index (χ1n) is 9.19. The van der Waals surface area contributed by atoms with Crippen molar-refractivity contribution in [2.24, 2.45) is 0 Å². The summed E-state index contributed by atoms with van der Waals surface area (Å²) in [6.45, 7) is 3.85. The molecule has 0 aromatic heterocycles. The zero-order valence-electron chi connectivity index (χ0n) is 15.6. The molecule has 0 bridgehead atoms. The van der Waals surface area contributed by atoms with E-state index in [9.17, 15) is 4.79 Å². The number of carbonyl (C=O) groups excluding carboxylic acids is 1. The highest BCUT2D eigenvalue weighted by Crippen LogP contribution is 2.43. The monoisotopic (exact) mass is 351 g/mol. The second-order valence-electron chi connectivity index (χ2n) is 7.30. The largest absolute Gasteiger partial charge is 0.493 e. The zero-order chi connectivity index (χ0) is 18.3. The van der Waals surface area contributed by atoms with E-state index in [-0.39, 0.29) is 12.0 Å². The van der Waals surface area contributed by atoms with Crippen molar-refractivity contribution in [3.05, 3.63) is 58.7 Å². The second kappa shape index (κ2) is 6.76. The van der Waals surface area contributed by atoms with Crippen molar-refractivity contribution in [3.63, 3.8) is 0 Å². The summed E-state index contributed by atoms with van der Waals surface area (Å²) >= 11 is 0. The summed E-state index contributed by atoms with van der Waals surface area (Å²) in [4.78, 5) is 15.4. The number of piperidine rings is 1. The SMILES string of the molecule is COc1cc2c(cc1OC)C1CC(=O)C(c3cccc(C)c3)CN1CC2. The minimum atomic E-state index is -0.0205. The van der Waals surface area contributed by atoms with E-state index in [2.05, 4.69) is 42.2 Å². The van der Waals surface area contributed by atoms with E-state index in [4.69, 9.17) is 9.47 Å². The molecule has 136 valence electrons. The van der Waals surface area contributed by atoms with Gasteiger partial charge in [0.25, 0.3) is 0 Å². The fourth-order valence-electron chi connectivity index (χ4n) is 4.39. The summed E-state index contributed by atoms with van der Waals surface area (Å²) in [5, 5.41) is 0. The number of hydrogen-bond donors (Lipinski definition) is 0. The smallest absolute Gasteiger partial charge is 0.161 e. The third-order valence-corrected chi connectivity index (χ3v) is 5.76. The molecular formula is C22H25NO3. The number of aryl methyl sites for hydroxylation is 1. The number of Topliss-reactive ketones (excluding diaryl/α,β-unsaturated/α-hetero) is 1. The third kappa shape index (κ3) is 2.88. The molecule has 0 aliphatic carbocycles. The normalized spacial score (nSPS) is 22.5. The maximum absolute atomic E-state index is 13.0. The number of benzene rings is 2. The third-order valence-electron chi connectivity index (χ3n) is 5.76. The Labute approximate surface area is 154 Å². The molecule has 0 amide bonds. The number of ketones is 1. The van der Waals surface area contributed by atoms with Gasteiger partial charge in [-0.05, 0) is 42.2 Å². The van der Waals surface area contributed by atoms with Gasteiger partial charge in [-0.3, -0.25) is 9.69 Å². The van der Waals surface area contributed by atoms with E-state index in [0.29, 0.717) is 12.2 Å². The van der Waals surface area contributed by atoms with Crippen LogP contribution < -0.4 is 9.47 Å². The number of methoxy groups -OCH3 is 2. The Bertz CT molecular complexity index is 845. The van der Waals surface area contributed by atoms with E-state index in [0.717, 1.165) is 36.6 Å². The molecule has 2 aromatic carbocycles. The molecule has 2 aliphatic heterocycles.